The fourth-order valence-electron chi connectivity index (χ4n) is 1.86. The van der Waals surface area contributed by atoms with E-state index in [1.54, 1.807) is 30.3 Å². The predicted octanol–water partition coefficient (Wildman–Crippen LogP) is 3.78. The second-order valence-electron chi connectivity index (χ2n) is 4.86. The number of ether oxygens (including phenoxy) is 2. The highest BCUT2D eigenvalue weighted by Crippen LogP contribution is 2.27. The van der Waals surface area contributed by atoms with Crippen LogP contribution in [0.15, 0.2) is 54.6 Å². The minimum atomic E-state index is 0.164. The number of aromatic hydroxyl groups is 2. The van der Waals surface area contributed by atoms with Crippen LogP contribution < -0.4 is 9.47 Å². The van der Waals surface area contributed by atoms with Crippen molar-refractivity contribution in [3.63, 3.8) is 0 Å². The van der Waals surface area contributed by atoms with Crippen molar-refractivity contribution in [3.05, 3.63) is 60.2 Å². The van der Waals surface area contributed by atoms with Crippen molar-refractivity contribution in [1.29, 1.82) is 0 Å². The molecule has 0 saturated carbocycles. The van der Waals surface area contributed by atoms with E-state index in [9.17, 15) is 10.2 Å². The van der Waals surface area contributed by atoms with Crippen molar-refractivity contribution < 1.29 is 19.7 Å². The van der Waals surface area contributed by atoms with Crippen LogP contribution in [0.3, 0.4) is 0 Å². The van der Waals surface area contributed by atoms with Crippen LogP contribution >= 0.6 is 0 Å². The Morgan fingerprint density at radius 1 is 0.739 bits per heavy atom. The van der Waals surface area contributed by atoms with Crippen molar-refractivity contribution in [2.24, 2.45) is 0 Å². The van der Waals surface area contributed by atoms with Crippen LogP contribution in [-0.2, 0) is 0 Å². The summed E-state index contributed by atoms with van der Waals surface area (Å²) >= 11 is 0. The van der Waals surface area contributed by atoms with Gasteiger partial charge in [0.25, 0.3) is 0 Å². The van der Waals surface area contributed by atoms with Gasteiger partial charge in [0.05, 0.1) is 0 Å². The van der Waals surface area contributed by atoms with Gasteiger partial charge in [0.15, 0.2) is 0 Å². The van der Waals surface area contributed by atoms with Crippen molar-refractivity contribution in [2.75, 3.05) is 0 Å². The average molecular weight is 310 g/mol. The molecule has 0 fully saturated rings. The number of nitrogens with zero attached hydrogens (tertiary/aromatic N) is 2. The van der Waals surface area contributed by atoms with Crippen molar-refractivity contribution >= 4 is 0 Å². The number of hydrogen-bond acceptors (Lipinski definition) is 6. The van der Waals surface area contributed by atoms with Gasteiger partial charge < -0.3 is 19.7 Å². The molecule has 3 aromatic rings. The first kappa shape index (κ1) is 14.6. The molecule has 0 radical (unpaired) electrons. The molecule has 2 N–H and O–H groups in total. The lowest BCUT2D eigenvalue weighted by molar-refractivity contribution is 0.421. The lowest BCUT2D eigenvalue weighted by Gasteiger charge is -2.09. The van der Waals surface area contributed by atoms with Gasteiger partial charge in [-0.1, -0.05) is 0 Å². The number of benzene rings is 2. The lowest BCUT2D eigenvalue weighted by Crippen LogP contribution is -1.96. The Kier molecular flexibility index (Phi) is 3.97. The Morgan fingerprint density at radius 3 is 1.78 bits per heavy atom. The molecule has 0 atom stereocenters. The van der Waals surface area contributed by atoms with E-state index in [1.165, 1.54) is 24.3 Å². The van der Waals surface area contributed by atoms with Crippen LogP contribution in [0.4, 0.5) is 0 Å². The van der Waals surface area contributed by atoms with Gasteiger partial charge in [-0.15, -0.1) is 10.2 Å². The van der Waals surface area contributed by atoms with Crippen molar-refractivity contribution in [1.82, 2.24) is 10.2 Å². The van der Waals surface area contributed by atoms with E-state index in [2.05, 4.69) is 10.2 Å². The molecule has 0 spiro atoms. The summed E-state index contributed by atoms with van der Waals surface area (Å²) in [6, 6.07) is 14.3. The highest BCUT2D eigenvalue weighted by molar-refractivity contribution is 5.37. The predicted molar refractivity (Wildman–Crippen MR) is 83.1 cm³/mol. The van der Waals surface area contributed by atoms with Crippen molar-refractivity contribution in [2.45, 2.75) is 6.92 Å². The molecule has 6 heteroatoms. The molecule has 23 heavy (non-hydrogen) atoms. The van der Waals surface area contributed by atoms with Crippen molar-refractivity contribution in [3.8, 4) is 34.8 Å². The molecule has 0 amide bonds. The van der Waals surface area contributed by atoms with E-state index in [-0.39, 0.29) is 11.5 Å². The zero-order chi connectivity index (χ0) is 16.2. The van der Waals surface area contributed by atoms with Gasteiger partial charge in [-0.3, -0.25) is 0 Å². The molecular weight excluding hydrogens is 296 g/mol. The topological polar surface area (TPSA) is 84.7 Å². The Bertz CT molecular complexity index is 802. The molecule has 0 unspecified atom stereocenters. The fraction of sp³-hybridized carbons (Fsp3) is 0.0588. The maximum absolute atomic E-state index is 9.26. The quantitative estimate of drug-likeness (QED) is 0.763. The molecule has 6 nitrogen and oxygen atoms in total. The largest absolute Gasteiger partial charge is 0.508 e. The highest BCUT2D eigenvalue weighted by atomic mass is 16.5. The van der Waals surface area contributed by atoms with E-state index in [0.717, 1.165) is 5.56 Å². The summed E-state index contributed by atoms with van der Waals surface area (Å²) in [5, 5.41) is 26.5. The number of rotatable bonds is 4. The molecule has 0 bridgehead atoms. The SMILES string of the molecule is Cc1cc(Oc2ccc(O)cc2)nnc1Oc1ccc(O)cc1. The summed E-state index contributed by atoms with van der Waals surface area (Å²) < 4.78 is 11.2. The summed E-state index contributed by atoms with van der Waals surface area (Å²) in [7, 11) is 0. The van der Waals surface area contributed by atoms with Gasteiger partial charge in [-0.2, -0.15) is 0 Å². The number of phenolic OH excluding ortho intramolecular Hbond substituents is 2. The summed E-state index contributed by atoms with van der Waals surface area (Å²) in [6.45, 7) is 1.83. The van der Waals surface area contributed by atoms with Gasteiger partial charge in [0.1, 0.15) is 23.0 Å². The molecule has 1 heterocycles. The number of aromatic nitrogens is 2. The zero-order valence-electron chi connectivity index (χ0n) is 12.3. The van der Waals surface area contributed by atoms with Gasteiger partial charge in [-0.25, -0.2) is 0 Å². The first-order valence-electron chi connectivity index (χ1n) is 6.88. The maximum atomic E-state index is 9.26. The van der Waals surface area contributed by atoms with Crippen LogP contribution in [0.5, 0.6) is 34.8 Å². The number of aryl methyl sites for hydroxylation is 1. The lowest BCUT2D eigenvalue weighted by atomic mass is 10.3. The summed E-state index contributed by atoms with van der Waals surface area (Å²) in [4.78, 5) is 0. The van der Waals surface area contributed by atoms with Gasteiger partial charge >= 0.3 is 0 Å². The van der Waals surface area contributed by atoms with Crippen LogP contribution in [-0.4, -0.2) is 20.4 Å². The average Bonchev–Trinajstić information content (AvgIpc) is 2.54. The maximum Gasteiger partial charge on any atom is 0.242 e. The molecule has 3 rings (SSSR count). The van der Waals surface area contributed by atoms with Crippen LogP contribution in [0, 0.1) is 6.92 Å². The van der Waals surface area contributed by atoms with Gasteiger partial charge in [0.2, 0.25) is 11.8 Å². The highest BCUT2D eigenvalue weighted by Gasteiger charge is 2.08. The Labute approximate surface area is 132 Å². The van der Waals surface area contributed by atoms with E-state index in [1.807, 2.05) is 6.92 Å². The smallest absolute Gasteiger partial charge is 0.242 e. The van der Waals surface area contributed by atoms with Crippen LogP contribution in [0.1, 0.15) is 5.56 Å². The minimum absolute atomic E-state index is 0.164. The fourth-order valence-corrected chi connectivity index (χ4v) is 1.86. The van der Waals surface area contributed by atoms with E-state index in [0.29, 0.717) is 23.3 Å². The number of phenols is 2. The van der Waals surface area contributed by atoms with Crippen LogP contribution in [0.2, 0.25) is 0 Å². The monoisotopic (exact) mass is 310 g/mol. The second kappa shape index (κ2) is 6.23. The third kappa shape index (κ3) is 3.68. The zero-order valence-corrected chi connectivity index (χ0v) is 12.3. The molecule has 0 aliphatic carbocycles. The molecule has 0 aliphatic rings. The van der Waals surface area contributed by atoms with Gasteiger partial charge in [0, 0.05) is 11.6 Å². The third-order valence-corrected chi connectivity index (χ3v) is 3.03. The first-order chi connectivity index (χ1) is 11.1. The van der Waals surface area contributed by atoms with E-state index in [4.69, 9.17) is 9.47 Å². The molecule has 2 aromatic carbocycles. The third-order valence-electron chi connectivity index (χ3n) is 3.03. The van der Waals surface area contributed by atoms with E-state index < -0.39 is 0 Å². The number of hydrogen-bond donors (Lipinski definition) is 2. The Balaban J connectivity index is 1.75. The Morgan fingerprint density at radius 2 is 1.26 bits per heavy atom. The van der Waals surface area contributed by atoms with Gasteiger partial charge in [-0.05, 0) is 55.5 Å². The molecule has 0 aliphatic heterocycles. The summed E-state index contributed by atoms with van der Waals surface area (Å²) in [6.07, 6.45) is 0. The normalized spacial score (nSPS) is 10.3. The van der Waals surface area contributed by atoms with Crippen LogP contribution in [0.25, 0.3) is 0 Å². The molecule has 0 saturated heterocycles. The molecular formula is C17H14N2O4. The molecule has 1 aromatic heterocycles. The van der Waals surface area contributed by atoms with E-state index >= 15 is 0 Å². The first-order valence-corrected chi connectivity index (χ1v) is 6.88. The molecule has 116 valence electrons. The standard InChI is InChI=1S/C17H14N2O4/c1-11-10-16(22-14-6-2-12(20)3-7-14)18-19-17(11)23-15-8-4-13(21)5-9-15/h2-10,20-21H,1H3. The second-order valence-corrected chi connectivity index (χ2v) is 4.86. The summed E-state index contributed by atoms with van der Waals surface area (Å²) in [5.41, 5.74) is 0.752. The Hall–Kier alpha value is -3.28. The summed E-state index contributed by atoms with van der Waals surface area (Å²) in [5.74, 6) is 2.10. The minimum Gasteiger partial charge on any atom is -0.508 e.